The summed E-state index contributed by atoms with van der Waals surface area (Å²) in [5.74, 6) is -3.79. The van der Waals surface area contributed by atoms with Crippen LogP contribution in [-0.4, -0.2) is 16.9 Å². The molecule has 3 aromatic rings. The van der Waals surface area contributed by atoms with E-state index >= 15 is 0 Å². The molecule has 5 rings (SSSR count). The number of nitriles is 1. The molecule has 0 bridgehead atoms. The zero-order valence-electron chi connectivity index (χ0n) is 17.2. The van der Waals surface area contributed by atoms with Crippen LogP contribution in [0.3, 0.4) is 0 Å². The molecule has 2 amide bonds. The Morgan fingerprint density at radius 3 is 2.25 bits per heavy atom. The maximum Gasteiger partial charge on any atom is 0.240 e. The van der Waals surface area contributed by atoms with E-state index < -0.39 is 29.4 Å². The van der Waals surface area contributed by atoms with Gasteiger partial charge in [-0.3, -0.25) is 9.59 Å². The van der Waals surface area contributed by atoms with Gasteiger partial charge in [0.2, 0.25) is 11.8 Å². The summed E-state index contributed by atoms with van der Waals surface area (Å²) in [4.78, 5) is 28.2. The highest BCUT2D eigenvalue weighted by Gasteiger charge is 2.60. The summed E-state index contributed by atoms with van der Waals surface area (Å²) in [5.41, 5.74) is 1.02. The standard InChI is InChI=1S/C26H21N3O3/c27-15-20-23(26(32,28-24(20)30)18-11-5-2-6-12-18)22-19-13-7-8-14-21(19)29(25(22)31)16-17-9-3-1-4-10-17/h1-14,20,22-23,32H,16H2,(H,28,30)/t20-,22+,23+,26-/m1/s1. The van der Waals surface area contributed by atoms with Crippen molar-refractivity contribution in [3.8, 4) is 6.07 Å². The molecule has 0 aliphatic carbocycles. The van der Waals surface area contributed by atoms with E-state index in [0.717, 1.165) is 11.3 Å². The number of hydrogen-bond donors (Lipinski definition) is 2. The highest BCUT2D eigenvalue weighted by molar-refractivity contribution is 6.06. The average molecular weight is 423 g/mol. The zero-order chi connectivity index (χ0) is 22.3. The second-order valence-corrected chi connectivity index (χ2v) is 8.20. The molecule has 158 valence electrons. The SMILES string of the molecule is N#C[C@H]1C(=O)N[C@@](O)(c2ccccc2)[C@@H]1[C@H]1C(=O)N(Cc2ccccc2)c2ccccc21. The molecule has 1 fully saturated rings. The monoisotopic (exact) mass is 423 g/mol. The van der Waals surface area contributed by atoms with E-state index in [1.807, 2.05) is 60.7 Å². The van der Waals surface area contributed by atoms with Crippen molar-refractivity contribution < 1.29 is 14.7 Å². The smallest absolute Gasteiger partial charge is 0.240 e. The van der Waals surface area contributed by atoms with Gasteiger partial charge in [-0.2, -0.15) is 5.26 Å². The third-order valence-corrected chi connectivity index (χ3v) is 6.43. The molecule has 6 heteroatoms. The minimum absolute atomic E-state index is 0.230. The van der Waals surface area contributed by atoms with Crippen molar-refractivity contribution in [2.24, 2.45) is 11.8 Å². The van der Waals surface area contributed by atoms with Gasteiger partial charge in [0.25, 0.3) is 0 Å². The van der Waals surface area contributed by atoms with Gasteiger partial charge in [-0.15, -0.1) is 0 Å². The van der Waals surface area contributed by atoms with Crippen molar-refractivity contribution in [1.29, 1.82) is 5.26 Å². The van der Waals surface area contributed by atoms with Gasteiger partial charge in [0.15, 0.2) is 5.72 Å². The van der Waals surface area contributed by atoms with Gasteiger partial charge < -0.3 is 15.3 Å². The Morgan fingerprint density at radius 1 is 0.938 bits per heavy atom. The summed E-state index contributed by atoms with van der Waals surface area (Å²) in [6, 6.07) is 27.8. The summed E-state index contributed by atoms with van der Waals surface area (Å²) < 4.78 is 0. The van der Waals surface area contributed by atoms with Gasteiger partial charge in [-0.25, -0.2) is 0 Å². The van der Waals surface area contributed by atoms with Crippen LogP contribution in [0, 0.1) is 23.2 Å². The van der Waals surface area contributed by atoms with Crippen LogP contribution < -0.4 is 10.2 Å². The maximum atomic E-state index is 13.8. The Hall–Kier alpha value is -3.95. The summed E-state index contributed by atoms with van der Waals surface area (Å²) in [6.07, 6.45) is 0. The molecule has 2 aliphatic rings. The first-order chi connectivity index (χ1) is 15.5. The summed E-state index contributed by atoms with van der Waals surface area (Å²) in [5, 5.41) is 24.2. The molecule has 0 spiro atoms. The number of rotatable bonds is 4. The highest BCUT2D eigenvalue weighted by Crippen LogP contribution is 2.52. The summed E-state index contributed by atoms with van der Waals surface area (Å²) >= 11 is 0. The lowest BCUT2D eigenvalue weighted by Gasteiger charge is -2.34. The average Bonchev–Trinajstić information content (AvgIpc) is 3.24. The molecule has 0 saturated carbocycles. The third kappa shape index (κ3) is 2.98. The fraction of sp³-hybridized carbons (Fsp3) is 0.192. The first kappa shape index (κ1) is 20.0. The number of fused-ring (bicyclic) bond motifs is 1. The highest BCUT2D eigenvalue weighted by atomic mass is 16.3. The fourth-order valence-electron chi connectivity index (χ4n) is 4.97. The molecule has 2 heterocycles. The Labute approximate surface area is 185 Å². The van der Waals surface area contributed by atoms with Crippen LogP contribution in [0.15, 0.2) is 84.9 Å². The van der Waals surface area contributed by atoms with Gasteiger partial charge in [-0.1, -0.05) is 78.9 Å². The normalized spacial score (nSPS) is 26.5. The van der Waals surface area contributed by atoms with E-state index in [4.69, 9.17) is 0 Å². The van der Waals surface area contributed by atoms with E-state index in [-0.39, 0.29) is 5.91 Å². The number of nitrogens with one attached hydrogen (secondary N) is 1. The summed E-state index contributed by atoms with van der Waals surface area (Å²) in [7, 11) is 0. The quantitative estimate of drug-likeness (QED) is 0.675. The second kappa shape index (κ2) is 7.63. The van der Waals surface area contributed by atoms with E-state index in [2.05, 4.69) is 5.32 Å². The lowest BCUT2D eigenvalue weighted by molar-refractivity contribution is -0.126. The Balaban J connectivity index is 1.63. The zero-order valence-corrected chi connectivity index (χ0v) is 17.2. The Kier molecular flexibility index (Phi) is 4.76. The molecule has 1 saturated heterocycles. The van der Waals surface area contributed by atoms with E-state index in [9.17, 15) is 20.0 Å². The van der Waals surface area contributed by atoms with Gasteiger partial charge in [0.05, 0.1) is 24.4 Å². The van der Waals surface area contributed by atoms with Crippen molar-refractivity contribution in [3.05, 3.63) is 102 Å². The van der Waals surface area contributed by atoms with Crippen LogP contribution in [0.2, 0.25) is 0 Å². The first-order valence-corrected chi connectivity index (χ1v) is 10.5. The molecule has 0 unspecified atom stereocenters. The number of anilines is 1. The first-order valence-electron chi connectivity index (χ1n) is 10.5. The fourth-order valence-corrected chi connectivity index (χ4v) is 4.97. The minimum atomic E-state index is -1.84. The number of hydrogen-bond acceptors (Lipinski definition) is 4. The van der Waals surface area contributed by atoms with Crippen molar-refractivity contribution in [3.63, 3.8) is 0 Å². The van der Waals surface area contributed by atoms with E-state index in [1.165, 1.54) is 0 Å². The van der Waals surface area contributed by atoms with Crippen LogP contribution in [0.5, 0.6) is 0 Å². The second-order valence-electron chi connectivity index (χ2n) is 8.20. The molecule has 6 nitrogen and oxygen atoms in total. The number of aliphatic hydroxyl groups is 1. The van der Waals surface area contributed by atoms with Gasteiger partial charge in [-0.05, 0) is 17.2 Å². The number of nitrogens with zero attached hydrogens (tertiary/aromatic N) is 2. The molecular weight excluding hydrogens is 402 g/mol. The predicted molar refractivity (Wildman–Crippen MR) is 118 cm³/mol. The molecule has 0 aromatic heterocycles. The lowest BCUT2D eigenvalue weighted by atomic mass is 9.73. The van der Waals surface area contributed by atoms with Crippen molar-refractivity contribution in [2.75, 3.05) is 4.90 Å². The molecule has 2 N–H and O–H groups in total. The minimum Gasteiger partial charge on any atom is -0.366 e. The van der Waals surface area contributed by atoms with Gasteiger partial charge in [0.1, 0.15) is 5.92 Å². The molecule has 0 radical (unpaired) electrons. The van der Waals surface area contributed by atoms with Crippen LogP contribution >= 0.6 is 0 Å². The van der Waals surface area contributed by atoms with Crippen LogP contribution in [0.4, 0.5) is 5.69 Å². The molecule has 2 aliphatic heterocycles. The maximum absolute atomic E-state index is 13.8. The molecule has 3 aromatic carbocycles. The lowest BCUT2D eigenvalue weighted by Crippen LogP contribution is -2.46. The number of para-hydroxylation sites is 1. The molecule has 4 atom stereocenters. The largest absolute Gasteiger partial charge is 0.366 e. The van der Waals surface area contributed by atoms with Crippen molar-refractivity contribution >= 4 is 17.5 Å². The Morgan fingerprint density at radius 2 is 1.56 bits per heavy atom. The Bertz CT molecular complexity index is 1220. The number of carbonyl (C=O) groups is 2. The molecular formula is C26H21N3O3. The van der Waals surface area contributed by atoms with Gasteiger partial charge in [0, 0.05) is 11.3 Å². The molecule has 32 heavy (non-hydrogen) atoms. The van der Waals surface area contributed by atoms with Crippen LogP contribution in [-0.2, 0) is 21.9 Å². The number of carbonyl (C=O) groups excluding carboxylic acids is 2. The topological polar surface area (TPSA) is 93.4 Å². The summed E-state index contributed by atoms with van der Waals surface area (Å²) in [6.45, 7) is 0.363. The number of benzene rings is 3. The third-order valence-electron chi connectivity index (χ3n) is 6.43. The van der Waals surface area contributed by atoms with Crippen molar-refractivity contribution in [2.45, 2.75) is 18.2 Å². The van der Waals surface area contributed by atoms with E-state index in [0.29, 0.717) is 17.7 Å². The van der Waals surface area contributed by atoms with E-state index in [1.54, 1.807) is 35.2 Å². The predicted octanol–water partition coefficient (Wildman–Crippen LogP) is 3.05. The van der Waals surface area contributed by atoms with Crippen LogP contribution in [0.25, 0.3) is 0 Å². The van der Waals surface area contributed by atoms with Crippen molar-refractivity contribution in [1.82, 2.24) is 5.32 Å². The van der Waals surface area contributed by atoms with Gasteiger partial charge >= 0.3 is 0 Å². The van der Waals surface area contributed by atoms with Crippen LogP contribution in [0.1, 0.15) is 22.6 Å². The number of amides is 2.